The third-order valence-corrected chi connectivity index (χ3v) is 5.36. The van der Waals surface area contributed by atoms with E-state index in [2.05, 4.69) is 49.5 Å². The summed E-state index contributed by atoms with van der Waals surface area (Å²) in [4.78, 5) is 29.4. The van der Waals surface area contributed by atoms with Gasteiger partial charge in [-0.05, 0) is 12.5 Å². The molecule has 1 fully saturated rings. The first kappa shape index (κ1) is 25.8. The highest BCUT2D eigenvalue weighted by Crippen LogP contribution is 2.15. The maximum Gasteiger partial charge on any atom is 0.225 e. The predicted octanol–water partition coefficient (Wildman–Crippen LogP) is 1.61. The van der Waals surface area contributed by atoms with Crippen LogP contribution in [0.15, 0.2) is 28.0 Å². The van der Waals surface area contributed by atoms with Crippen LogP contribution in [-0.2, 0) is 24.2 Å². The Kier molecular flexibility index (Phi) is 10.6. The van der Waals surface area contributed by atoms with Crippen molar-refractivity contribution in [2.24, 2.45) is 4.99 Å². The van der Waals surface area contributed by atoms with Crippen LogP contribution in [-0.4, -0.2) is 71.7 Å². The van der Waals surface area contributed by atoms with E-state index < -0.39 is 0 Å². The van der Waals surface area contributed by atoms with Gasteiger partial charge in [-0.25, -0.2) is 9.97 Å². The molecule has 3 rings (SSSR count). The van der Waals surface area contributed by atoms with Crippen LogP contribution in [0.1, 0.15) is 37.3 Å². The smallest absolute Gasteiger partial charge is 0.225 e. The third kappa shape index (κ3) is 6.78. The van der Waals surface area contributed by atoms with Crippen LogP contribution in [0.2, 0.25) is 0 Å². The number of anilines is 1. The maximum atomic E-state index is 12.6. The van der Waals surface area contributed by atoms with Crippen molar-refractivity contribution >= 4 is 41.8 Å². The number of aliphatic imine (C=N–C) groups is 1. The molecule has 1 aliphatic heterocycles. The Hall–Kier alpha value is -2.44. The molecule has 2 aromatic heterocycles. The lowest BCUT2D eigenvalue weighted by Gasteiger charge is -2.34. The molecule has 0 aliphatic carbocycles. The molecule has 2 aromatic rings. The second-order valence-corrected chi connectivity index (χ2v) is 7.26. The van der Waals surface area contributed by atoms with Crippen molar-refractivity contribution in [3.8, 4) is 0 Å². The third-order valence-electron chi connectivity index (χ3n) is 5.36. The molecule has 11 heteroatoms. The number of aryl methyl sites for hydroxylation is 2. The van der Waals surface area contributed by atoms with Crippen molar-refractivity contribution in [2.75, 3.05) is 44.7 Å². The highest BCUT2D eigenvalue weighted by Gasteiger charge is 2.22. The largest absolute Gasteiger partial charge is 0.361 e. The van der Waals surface area contributed by atoms with Crippen molar-refractivity contribution in [1.29, 1.82) is 0 Å². The highest BCUT2D eigenvalue weighted by atomic mass is 127. The summed E-state index contributed by atoms with van der Waals surface area (Å²) in [5.41, 5.74) is 2.05. The van der Waals surface area contributed by atoms with Crippen LogP contribution in [0.5, 0.6) is 0 Å². The monoisotopic (exact) mass is 556 g/mol. The maximum absolute atomic E-state index is 12.6. The van der Waals surface area contributed by atoms with Gasteiger partial charge in [-0.15, -0.1) is 24.0 Å². The van der Waals surface area contributed by atoms with Gasteiger partial charge in [0.1, 0.15) is 5.76 Å². The number of piperazine rings is 1. The van der Waals surface area contributed by atoms with Gasteiger partial charge in [0, 0.05) is 77.1 Å². The summed E-state index contributed by atoms with van der Waals surface area (Å²) >= 11 is 0. The average Bonchev–Trinajstić information content (AvgIpc) is 3.23. The number of hydrogen-bond acceptors (Lipinski definition) is 7. The molecule has 10 nitrogen and oxygen atoms in total. The second kappa shape index (κ2) is 13.2. The van der Waals surface area contributed by atoms with E-state index in [9.17, 15) is 4.79 Å². The fourth-order valence-corrected chi connectivity index (χ4v) is 3.59. The van der Waals surface area contributed by atoms with E-state index in [1.165, 1.54) is 0 Å². The molecule has 176 valence electrons. The Bertz CT molecular complexity index is 844. The van der Waals surface area contributed by atoms with Gasteiger partial charge >= 0.3 is 0 Å². The highest BCUT2D eigenvalue weighted by molar-refractivity contribution is 14.0. The molecule has 0 atom stereocenters. The summed E-state index contributed by atoms with van der Waals surface area (Å²) in [6.07, 6.45) is 5.51. The molecule has 1 amide bonds. The fourth-order valence-electron chi connectivity index (χ4n) is 3.59. The van der Waals surface area contributed by atoms with Gasteiger partial charge in [-0.2, -0.15) is 0 Å². The summed E-state index contributed by atoms with van der Waals surface area (Å²) in [7, 11) is 1.72. The molecule has 0 aromatic carbocycles. The van der Waals surface area contributed by atoms with Crippen molar-refractivity contribution in [1.82, 2.24) is 30.7 Å². The van der Waals surface area contributed by atoms with Gasteiger partial charge in [0.25, 0.3) is 0 Å². The standard InChI is InChI=1S/C21H32N8O2.HI/c1-4-17-16(18(5-2)31-27-17)15-26-20(22-3)23-10-7-19(30)28-11-13-29(14-12-28)21-24-8-6-9-25-21;/h6,8-9H,4-5,7,10-15H2,1-3H3,(H2,22,23,26);1H. The van der Waals surface area contributed by atoms with Crippen molar-refractivity contribution < 1.29 is 9.32 Å². The topological polar surface area (TPSA) is 112 Å². The predicted molar refractivity (Wildman–Crippen MR) is 134 cm³/mol. The van der Waals surface area contributed by atoms with Crippen LogP contribution in [0.4, 0.5) is 5.95 Å². The zero-order valence-corrected chi connectivity index (χ0v) is 21.3. The van der Waals surface area contributed by atoms with Crippen LogP contribution >= 0.6 is 24.0 Å². The number of hydrogen-bond donors (Lipinski definition) is 2. The molecule has 0 unspecified atom stereocenters. The summed E-state index contributed by atoms with van der Waals surface area (Å²) < 4.78 is 5.41. The first-order chi connectivity index (χ1) is 15.2. The second-order valence-electron chi connectivity index (χ2n) is 7.26. The zero-order valence-electron chi connectivity index (χ0n) is 19.0. The number of carbonyl (C=O) groups is 1. The number of nitrogens with one attached hydrogen (secondary N) is 2. The molecular formula is C21H33IN8O2. The van der Waals surface area contributed by atoms with Crippen LogP contribution < -0.4 is 15.5 Å². The molecule has 1 saturated heterocycles. The van der Waals surface area contributed by atoms with Gasteiger partial charge in [0.15, 0.2) is 5.96 Å². The molecule has 32 heavy (non-hydrogen) atoms. The van der Waals surface area contributed by atoms with E-state index >= 15 is 0 Å². The molecule has 0 radical (unpaired) electrons. The molecule has 0 spiro atoms. The first-order valence-corrected chi connectivity index (χ1v) is 10.9. The zero-order chi connectivity index (χ0) is 22.1. The SMILES string of the molecule is CCc1noc(CC)c1CNC(=NC)NCCC(=O)N1CCN(c2ncccn2)CC1.I. The van der Waals surface area contributed by atoms with E-state index in [1.54, 1.807) is 25.5 Å². The van der Waals surface area contributed by atoms with Gasteiger partial charge in [-0.1, -0.05) is 19.0 Å². The number of guanidine groups is 1. The lowest BCUT2D eigenvalue weighted by molar-refractivity contribution is -0.131. The molecular weight excluding hydrogens is 523 g/mol. The summed E-state index contributed by atoms with van der Waals surface area (Å²) in [5, 5.41) is 10.6. The normalized spacial score (nSPS) is 14.2. The Morgan fingerprint density at radius 1 is 1.12 bits per heavy atom. The van der Waals surface area contributed by atoms with E-state index in [4.69, 9.17) is 4.52 Å². The van der Waals surface area contributed by atoms with Crippen LogP contribution in [0.3, 0.4) is 0 Å². The fraction of sp³-hybridized carbons (Fsp3) is 0.571. The Labute approximate surface area is 206 Å². The Balaban J connectivity index is 0.00000363. The van der Waals surface area contributed by atoms with E-state index in [0.29, 0.717) is 38.6 Å². The van der Waals surface area contributed by atoms with Gasteiger partial charge in [0.05, 0.1) is 5.69 Å². The Morgan fingerprint density at radius 2 is 1.84 bits per heavy atom. The minimum atomic E-state index is 0. The first-order valence-electron chi connectivity index (χ1n) is 10.9. The van der Waals surface area contributed by atoms with Crippen molar-refractivity contribution in [3.63, 3.8) is 0 Å². The summed E-state index contributed by atoms with van der Waals surface area (Å²) in [5.74, 6) is 2.41. The number of aromatic nitrogens is 3. The number of nitrogens with zero attached hydrogens (tertiary/aromatic N) is 6. The lowest BCUT2D eigenvalue weighted by Crippen LogP contribution is -2.50. The molecule has 0 saturated carbocycles. The number of amides is 1. The van der Waals surface area contributed by atoms with Crippen molar-refractivity contribution in [3.05, 3.63) is 35.5 Å². The summed E-state index contributed by atoms with van der Waals surface area (Å²) in [6, 6.07) is 1.80. The van der Waals surface area contributed by atoms with Crippen LogP contribution in [0, 0.1) is 0 Å². The number of halogens is 1. The average molecular weight is 556 g/mol. The summed E-state index contributed by atoms with van der Waals surface area (Å²) in [6.45, 7) is 8.06. The molecule has 3 heterocycles. The van der Waals surface area contributed by atoms with Gasteiger partial charge < -0.3 is 25.0 Å². The number of rotatable bonds is 8. The van der Waals surface area contributed by atoms with E-state index in [0.717, 1.165) is 48.9 Å². The van der Waals surface area contributed by atoms with E-state index in [1.807, 2.05) is 4.90 Å². The Morgan fingerprint density at radius 3 is 2.47 bits per heavy atom. The molecule has 2 N–H and O–H groups in total. The van der Waals surface area contributed by atoms with Crippen LogP contribution in [0.25, 0.3) is 0 Å². The quantitative estimate of drug-likeness (QED) is 0.287. The van der Waals surface area contributed by atoms with Gasteiger partial charge in [-0.3, -0.25) is 9.79 Å². The minimum absolute atomic E-state index is 0. The minimum Gasteiger partial charge on any atom is -0.361 e. The van der Waals surface area contributed by atoms with Gasteiger partial charge in [0.2, 0.25) is 11.9 Å². The van der Waals surface area contributed by atoms with Crippen molar-refractivity contribution in [2.45, 2.75) is 39.7 Å². The van der Waals surface area contributed by atoms with E-state index in [-0.39, 0.29) is 29.9 Å². The number of carbonyl (C=O) groups excluding carboxylic acids is 1. The molecule has 1 aliphatic rings. The molecule has 0 bridgehead atoms. The lowest BCUT2D eigenvalue weighted by atomic mass is 10.1.